The average Bonchev–Trinajstić information content (AvgIpc) is 2.85. The first kappa shape index (κ1) is 14.0. The molecule has 2 aromatic rings. The zero-order valence-corrected chi connectivity index (χ0v) is 12.2. The van der Waals surface area contributed by atoms with Crippen LogP contribution in [0.2, 0.25) is 0 Å². The van der Waals surface area contributed by atoms with Crippen LogP contribution in [0.5, 0.6) is 0 Å². The fourth-order valence-electron chi connectivity index (χ4n) is 3.15. The normalized spacial score (nSPS) is 17.8. The van der Waals surface area contributed by atoms with E-state index in [4.69, 9.17) is 5.26 Å². The molecule has 1 aromatic carbocycles. The molecule has 1 aliphatic rings. The van der Waals surface area contributed by atoms with E-state index in [1.165, 1.54) is 31.4 Å². The smallest absolute Gasteiger partial charge is 0.127 e. The van der Waals surface area contributed by atoms with Crippen LogP contribution in [0.1, 0.15) is 38.1 Å². The van der Waals surface area contributed by atoms with Crippen molar-refractivity contribution in [2.45, 2.75) is 38.8 Å². The van der Waals surface area contributed by atoms with Gasteiger partial charge in [-0.05, 0) is 45.0 Å². The molecule has 1 atom stereocenters. The summed E-state index contributed by atoms with van der Waals surface area (Å²) in [6.07, 6.45) is 3.69. The molecule has 1 aromatic heterocycles. The maximum Gasteiger partial charge on any atom is 0.127 e. The highest BCUT2D eigenvalue weighted by Gasteiger charge is 2.23. The summed E-state index contributed by atoms with van der Waals surface area (Å²) in [5.41, 5.74) is 1.46. The minimum absolute atomic E-state index is 0.147. The summed E-state index contributed by atoms with van der Waals surface area (Å²) in [6, 6.07) is 6.91. The number of likely N-dealkylation sites (tertiary alicyclic amines) is 1. The number of fused-ring (bicyclic) bond motifs is 1. The number of hydrogen-bond donors (Lipinski definition) is 0. The minimum Gasteiger partial charge on any atom is -0.313 e. The standard InChI is InChI=1S/C16H19FN4/c1-12(20-8-3-2-4-9-20)16-19-14-11-13(17)5-6-15(14)21(16)10-7-18/h5-6,11-12H,2-4,8-10H2,1H3. The van der Waals surface area contributed by atoms with Crippen molar-refractivity contribution in [3.05, 3.63) is 29.8 Å². The molecule has 0 bridgehead atoms. The largest absolute Gasteiger partial charge is 0.313 e. The lowest BCUT2D eigenvalue weighted by atomic mass is 10.1. The molecule has 110 valence electrons. The van der Waals surface area contributed by atoms with Crippen LogP contribution in [0, 0.1) is 17.1 Å². The molecule has 1 aliphatic heterocycles. The predicted octanol–water partition coefficient (Wildman–Crippen LogP) is 3.25. The van der Waals surface area contributed by atoms with Gasteiger partial charge in [-0.1, -0.05) is 6.42 Å². The maximum atomic E-state index is 13.4. The molecule has 5 heteroatoms. The van der Waals surface area contributed by atoms with E-state index in [1.54, 1.807) is 6.07 Å². The van der Waals surface area contributed by atoms with E-state index in [1.807, 2.05) is 4.57 Å². The van der Waals surface area contributed by atoms with Crippen molar-refractivity contribution >= 4 is 11.0 Å². The van der Waals surface area contributed by atoms with Crippen molar-refractivity contribution in [2.75, 3.05) is 13.1 Å². The Morgan fingerprint density at radius 2 is 2.10 bits per heavy atom. The quantitative estimate of drug-likeness (QED) is 0.870. The number of hydrogen-bond acceptors (Lipinski definition) is 3. The van der Waals surface area contributed by atoms with Crippen LogP contribution in [0.15, 0.2) is 18.2 Å². The Kier molecular flexibility index (Phi) is 3.89. The number of imidazole rings is 1. The van der Waals surface area contributed by atoms with Crippen molar-refractivity contribution in [3.8, 4) is 6.07 Å². The van der Waals surface area contributed by atoms with E-state index in [9.17, 15) is 4.39 Å². The maximum absolute atomic E-state index is 13.4. The second-order valence-electron chi connectivity index (χ2n) is 5.62. The predicted molar refractivity (Wildman–Crippen MR) is 79.1 cm³/mol. The van der Waals surface area contributed by atoms with Crippen molar-refractivity contribution in [1.82, 2.24) is 14.5 Å². The second-order valence-corrected chi connectivity index (χ2v) is 5.62. The zero-order valence-electron chi connectivity index (χ0n) is 12.2. The first-order valence-corrected chi connectivity index (χ1v) is 7.47. The van der Waals surface area contributed by atoms with Crippen LogP contribution >= 0.6 is 0 Å². The average molecular weight is 286 g/mol. The fourth-order valence-corrected chi connectivity index (χ4v) is 3.15. The summed E-state index contributed by atoms with van der Waals surface area (Å²) in [7, 11) is 0. The number of halogens is 1. The number of nitrogens with zero attached hydrogens (tertiary/aromatic N) is 4. The summed E-state index contributed by atoms with van der Waals surface area (Å²) >= 11 is 0. The molecule has 4 nitrogen and oxygen atoms in total. The molecule has 1 unspecified atom stereocenters. The molecule has 2 heterocycles. The first-order valence-electron chi connectivity index (χ1n) is 7.47. The molecular weight excluding hydrogens is 267 g/mol. The van der Waals surface area contributed by atoms with Crippen LogP contribution in [-0.4, -0.2) is 27.5 Å². The Morgan fingerprint density at radius 1 is 1.33 bits per heavy atom. The second kappa shape index (κ2) is 5.82. The molecular formula is C16H19FN4. The van der Waals surface area contributed by atoms with Crippen LogP contribution in [0.3, 0.4) is 0 Å². The lowest BCUT2D eigenvalue weighted by Crippen LogP contribution is -2.33. The van der Waals surface area contributed by atoms with Gasteiger partial charge in [0.15, 0.2) is 0 Å². The van der Waals surface area contributed by atoms with Crippen molar-refractivity contribution in [1.29, 1.82) is 5.26 Å². The van der Waals surface area contributed by atoms with Crippen LogP contribution in [0.25, 0.3) is 11.0 Å². The highest BCUT2D eigenvalue weighted by atomic mass is 19.1. The van der Waals surface area contributed by atoms with Gasteiger partial charge in [-0.2, -0.15) is 5.26 Å². The number of piperidine rings is 1. The molecule has 0 radical (unpaired) electrons. The number of aromatic nitrogens is 2. The van der Waals surface area contributed by atoms with Gasteiger partial charge in [0.05, 0.1) is 23.1 Å². The molecule has 0 saturated carbocycles. The van der Waals surface area contributed by atoms with E-state index < -0.39 is 0 Å². The van der Waals surface area contributed by atoms with Gasteiger partial charge in [0.25, 0.3) is 0 Å². The topological polar surface area (TPSA) is 44.9 Å². The van der Waals surface area contributed by atoms with Gasteiger partial charge in [0.1, 0.15) is 18.2 Å². The Balaban J connectivity index is 2.03. The van der Waals surface area contributed by atoms with E-state index in [-0.39, 0.29) is 18.4 Å². The summed E-state index contributed by atoms with van der Waals surface area (Å²) in [4.78, 5) is 7.00. The van der Waals surface area contributed by atoms with Gasteiger partial charge in [0, 0.05) is 6.07 Å². The summed E-state index contributed by atoms with van der Waals surface area (Å²) < 4.78 is 15.3. The van der Waals surface area contributed by atoms with E-state index in [0.717, 1.165) is 24.4 Å². The number of rotatable bonds is 3. The van der Waals surface area contributed by atoms with Crippen LogP contribution in [-0.2, 0) is 6.54 Å². The zero-order chi connectivity index (χ0) is 14.8. The molecule has 0 N–H and O–H groups in total. The summed E-state index contributed by atoms with van der Waals surface area (Å²) in [5.74, 6) is 0.570. The SMILES string of the molecule is CC(c1nc2cc(F)ccc2n1CC#N)N1CCCCC1. The summed E-state index contributed by atoms with van der Waals surface area (Å²) in [6.45, 7) is 4.49. The lowest BCUT2D eigenvalue weighted by molar-refractivity contribution is 0.166. The third-order valence-electron chi connectivity index (χ3n) is 4.28. The van der Waals surface area contributed by atoms with Crippen molar-refractivity contribution in [2.24, 2.45) is 0 Å². The Bertz CT molecular complexity index is 679. The van der Waals surface area contributed by atoms with E-state index in [2.05, 4.69) is 22.9 Å². The summed E-state index contributed by atoms with van der Waals surface area (Å²) in [5, 5.41) is 9.08. The molecule has 0 spiro atoms. The molecule has 3 rings (SSSR count). The monoisotopic (exact) mass is 286 g/mol. The molecule has 1 fully saturated rings. The van der Waals surface area contributed by atoms with Gasteiger partial charge >= 0.3 is 0 Å². The third kappa shape index (κ3) is 2.64. The Morgan fingerprint density at radius 3 is 2.81 bits per heavy atom. The van der Waals surface area contributed by atoms with Crippen molar-refractivity contribution < 1.29 is 4.39 Å². The van der Waals surface area contributed by atoms with Gasteiger partial charge in [-0.25, -0.2) is 9.37 Å². The van der Waals surface area contributed by atoms with E-state index >= 15 is 0 Å². The molecule has 0 amide bonds. The molecule has 0 aliphatic carbocycles. The van der Waals surface area contributed by atoms with Crippen molar-refractivity contribution in [3.63, 3.8) is 0 Å². The Hall–Kier alpha value is -1.93. The van der Waals surface area contributed by atoms with Gasteiger partial charge in [-0.15, -0.1) is 0 Å². The number of benzene rings is 1. The van der Waals surface area contributed by atoms with Crippen LogP contribution < -0.4 is 0 Å². The van der Waals surface area contributed by atoms with Gasteiger partial charge in [0.2, 0.25) is 0 Å². The number of nitriles is 1. The molecule has 21 heavy (non-hydrogen) atoms. The fraction of sp³-hybridized carbons (Fsp3) is 0.500. The first-order chi connectivity index (χ1) is 10.2. The van der Waals surface area contributed by atoms with E-state index in [0.29, 0.717) is 5.52 Å². The molecule has 1 saturated heterocycles. The lowest BCUT2D eigenvalue weighted by Gasteiger charge is -2.32. The van der Waals surface area contributed by atoms with Crippen LogP contribution in [0.4, 0.5) is 4.39 Å². The highest BCUT2D eigenvalue weighted by Crippen LogP contribution is 2.27. The minimum atomic E-state index is -0.290. The highest BCUT2D eigenvalue weighted by molar-refractivity contribution is 5.76. The Labute approximate surface area is 123 Å². The third-order valence-corrected chi connectivity index (χ3v) is 4.28. The van der Waals surface area contributed by atoms with Gasteiger partial charge in [-0.3, -0.25) is 4.90 Å². The van der Waals surface area contributed by atoms with Gasteiger partial charge < -0.3 is 4.57 Å².